The SMILES string of the molecule is CCC(O)(c1cn(-c2c(Cl)cc(C(F)(F)F)cc2Cl)c2ccccc12)C(F)(F)F. The first-order valence-corrected chi connectivity index (χ1v) is 9.03. The van der Waals surface area contributed by atoms with Crippen LogP contribution in [0.5, 0.6) is 0 Å². The summed E-state index contributed by atoms with van der Waals surface area (Å²) in [5.74, 6) is 0. The number of nitrogens with zero attached hydrogens (tertiary/aromatic N) is 1. The van der Waals surface area contributed by atoms with Gasteiger partial charge in [0.1, 0.15) is 0 Å². The van der Waals surface area contributed by atoms with Crippen LogP contribution >= 0.6 is 23.2 Å². The van der Waals surface area contributed by atoms with E-state index in [9.17, 15) is 31.4 Å². The molecule has 0 aliphatic carbocycles. The van der Waals surface area contributed by atoms with Gasteiger partial charge in [0.05, 0.1) is 26.8 Å². The smallest absolute Gasteiger partial charge is 0.376 e. The highest BCUT2D eigenvalue weighted by molar-refractivity contribution is 6.38. The molecule has 29 heavy (non-hydrogen) atoms. The second-order valence-corrected chi connectivity index (χ2v) is 7.24. The van der Waals surface area contributed by atoms with E-state index in [-0.39, 0.29) is 16.6 Å². The third-order valence-electron chi connectivity index (χ3n) is 4.72. The molecular formula is C19H13Cl2F6NO. The minimum absolute atomic E-state index is 0.0706. The topological polar surface area (TPSA) is 25.2 Å². The third-order valence-corrected chi connectivity index (χ3v) is 5.30. The number of alkyl halides is 6. The fourth-order valence-electron chi connectivity index (χ4n) is 3.20. The number of aliphatic hydroxyl groups is 1. The Kier molecular flexibility index (Phi) is 5.34. The standard InChI is InChI=1S/C19H13Cl2F6NO/c1-2-17(29,19(25,26)27)12-9-28(15-6-4-3-5-11(12)15)16-13(20)7-10(8-14(16)21)18(22,23)24/h3-9,29H,2H2,1H3. The summed E-state index contributed by atoms with van der Waals surface area (Å²) in [6.07, 6.45) is -9.35. The van der Waals surface area contributed by atoms with Gasteiger partial charge in [0.2, 0.25) is 0 Å². The number of hydrogen-bond donors (Lipinski definition) is 1. The highest BCUT2D eigenvalue weighted by Gasteiger charge is 2.54. The summed E-state index contributed by atoms with van der Waals surface area (Å²) in [7, 11) is 0. The summed E-state index contributed by atoms with van der Waals surface area (Å²) < 4.78 is 81.0. The summed E-state index contributed by atoms with van der Waals surface area (Å²) in [5, 5.41) is 9.70. The van der Waals surface area contributed by atoms with E-state index in [1.807, 2.05) is 0 Å². The Morgan fingerprint density at radius 1 is 0.966 bits per heavy atom. The van der Waals surface area contributed by atoms with Crippen molar-refractivity contribution >= 4 is 34.1 Å². The molecule has 0 aliphatic heterocycles. The molecule has 10 heteroatoms. The van der Waals surface area contributed by atoms with E-state index in [2.05, 4.69) is 0 Å². The first kappa shape index (κ1) is 21.8. The zero-order valence-corrected chi connectivity index (χ0v) is 16.2. The summed E-state index contributed by atoms with van der Waals surface area (Å²) in [4.78, 5) is 0. The molecule has 1 heterocycles. The molecule has 2 nitrogen and oxygen atoms in total. The second-order valence-electron chi connectivity index (χ2n) is 6.43. The summed E-state index contributed by atoms with van der Waals surface area (Å²) in [5.41, 5.74) is -4.63. The Labute approximate surface area is 171 Å². The molecule has 0 spiro atoms. The van der Waals surface area contributed by atoms with Crippen molar-refractivity contribution in [3.63, 3.8) is 0 Å². The number of para-hydroxylation sites is 1. The van der Waals surface area contributed by atoms with Crippen LogP contribution in [-0.4, -0.2) is 15.8 Å². The number of benzene rings is 2. The van der Waals surface area contributed by atoms with Gasteiger partial charge in [-0.25, -0.2) is 0 Å². The number of aromatic nitrogens is 1. The van der Waals surface area contributed by atoms with Crippen LogP contribution in [0.15, 0.2) is 42.6 Å². The third kappa shape index (κ3) is 3.58. The number of hydrogen-bond acceptors (Lipinski definition) is 1. The molecule has 3 aromatic rings. The van der Waals surface area contributed by atoms with Crippen LogP contribution in [0.1, 0.15) is 24.5 Å². The normalized spacial score (nSPS) is 15.0. The van der Waals surface area contributed by atoms with Crippen LogP contribution in [0, 0.1) is 0 Å². The van der Waals surface area contributed by atoms with Gasteiger partial charge in [0, 0.05) is 17.1 Å². The predicted molar refractivity (Wildman–Crippen MR) is 98.5 cm³/mol. The van der Waals surface area contributed by atoms with Gasteiger partial charge < -0.3 is 9.67 Å². The van der Waals surface area contributed by atoms with Crippen LogP contribution < -0.4 is 0 Å². The number of rotatable bonds is 3. The fraction of sp³-hybridized carbons (Fsp3) is 0.263. The Hall–Kier alpha value is -1.90. The van der Waals surface area contributed by atoms with Crippen molar-refractivity contribution in [1.29, 1.82) is 0 Å². The van der Waals surface area contributed by atoms with Gasteiger partial charge in [-0.3, -0.25) is 0 Å². The Balaban J connectivity index is 2.34. The van der Waals surface area contributed by atoms with Gasteiger partial charge in [-0.1, -0.05) is 48.3 Å². The van der Waals surface area contributed by atoms with Gasteiger partial charge in [0.15, 0.2) is 5.60 Å². The van der Waals surface area contributed by atoms with Crippen molar-refractivity contribution < 1.29 is 31.4 Å². The van der Waals surface area contributed by atoms with E-state index in [4.69, 9.17) is 23.2 Å². The maximum absolute atomic E-state index is 13.6. The first-order chi connectivity index (χ1) is 13.3. The van der Waals surface area contributed by atoms with Crippen molar-refractivity contribution in [2.24, 2.45) is 0 Å². The van der Waals surface area contributed by atoms with E-state index >= 15 is 0 Å². The van der Waals surface area contributed by atoms with Crippen molar-refractivity contribution in [2.45, 2.75) is 31.3 Å². The van der Waals surface area contributed by atoms with Gasteiger partial charge in [-0.15, -0.1) is 0 Å². The Morgan fingerprint density at radius 2 is 1.52 bits per heavy atom. The van der Waals surface area contributed by atoms with E-state index < -0.39 is 45.5 Å². The maximum Gasteiger partial charge on any atom is 0.421 e. The van der Waals surface area contributed by atoms with Crippen LogP contribution in [0.2, 0.25) is 10.0 Å². The summed E-state index contributed by atoms with van der Waals surface area (Å²) in [6, 6.07) is 7.14. The summed E-state index contributed by atoms with van der Waals surface area (Å²) >= 11 is 12.1. The van der Waals surface area contributed by atoms with Gasteiger partial charge in [-0.05, 0) is 24.6 Å². The first-order valence-electron chi connectivity index (χ1n) is 8.27. The van der Waals surface area contributed by atoms with Gasteiger partial charge >= 0.3 is 12.4 Å². The van der Waals surface area contributed by atoms with Crippen molar-refractivity contribution in [2.75, 3.05) is 0 Å². The molecule has 1 aromatic heterocycles. The number of halogens is 8. The molecule has 0 fully saturated rings. The zero-order valence-electron chi connectivity index (χ0n) is 14.7. The molecule has 1 unspecified atom stereocenters. The van der Waals surface area contributed by atoms with Crippen molar-refractivity contribution in [1.82, 2.24) is 4.57 Å². The lowest BCUT2D eigenvalue weighted by Crippen LogP contribution is -2.41. The molecule has 1 atom stereocenters. The lowest BCUT2D eigenvalue weighted by Gasteiger charge is -2.29. The van der Waals surface area contributed by atoms with E-state index in [0.717, 1.165) is 10.8 Å². The molecule has 2 aromatic carbocycles. The largest absolute Gasteiger partial charge is 0.421 e. The van der Waals surface area contributed by atoms with Crippen molar-refractivity contribution in [3.05, 3.63) is 63.8 Å². The minimum Gasteiger partial charge on any atom is -0.376 e. The molecule has 156 valence electrons. The Bertz CT molecular complexity index is 1050. The van der Waals surface area contributed by atoms with Crippen molar-refractivity contribution in [3.8, 4) is 5.69 Å². The predicted octanol–water partition coefficient (Wildman–Crippen LogP) is 7.12. The zero-order chi connectivity index (χ0) is 21.8. The van der Waals surface area contributed by atoms with Crippen LogP contribution in [0.4, 0.5) is 26.3 Å². The average molecular weight is 456 g/mol. The van der Waals surface area contributed by atoms with Crippen LogP contribution in [-0.2, 0) is 11.8 Å². The fourth-order valence-corrected chi connectivity index (χ4v) is 3.87. The molecular weight excluding hydrogens is 443 g/mol. The maximum atomic E-state index is 13.6. The molecule has 0 saturated heterocycles. The minimum atomic E-state index is -4.98. The molecule has 0 aliphatic rings. The average Bonchev–Trinajstić information content (AvgIpc) is 2.98. The molecule has 0 saturated carbocycles. The lowest BCUT2D eigenvalue weighted by molar-refractivity contribution is -0.267. The van der Waals surface area contributed by atoms with Gasteiger partial charge in [-0.2, -0.15) is 26.3 Å². The van der Waals surface area contributed by atoms with E-state index in [1.54, 1.807) is 0 Å². The molecule has 0 amide bonds. The van der Waals surface area contributed by atoms with Crippen LogP contribution in [0.25, 0.3) is 16.6 Å². The van der Waals surface area contributed by atoms with Crippen LogP contribution in [0.3, 0.4) is 0 Å². The van der Waals surface area contributed by atoms with E-state index in [1.165, 1.54) is 31.2 Å². The molecule has 1 N–H and O–H groups in total. The highest BCUT2D eigenvalue weighted by Crippen LogP contribution is 2.46. The Morgan fingerprint density at radius 3 is 2.00 bits per heavy atom. The molecule has 0 radical (unpaired) electrons. The quantitative estimate of drug-likeness (QED) is 0.418. The number of fused-ring (bicyclic) bond motifs is 1. The highest BCUT2D eigenvalue weighted by atomic mass is 35.5. The molecule has 0 bridgehead atoms. The van der Waals surface area contributed by atoms with Gasteiger partial charge in [0.25, 0.3) is 0 Å². The monoisotopic (exact) mass is 455 g/mol. The second kappa shape index (κ2) is 7.11. The summed E-state index contributed by atoms with van der Waals surface area (Å²) in [6.45, 7) is 1.18. The van der Waals surface area contributed by atoms with E-state index in [0.29, 0.717) is 12.1 Å². The molecule has 3 rings (SSSR count). The lowest BCUT2D eigenvalue weighted by atomic mass is 9.90.